The van der Waals surface area contributed by atoms with E-state index in [1.807, 2.05) is 0 Å². The quantitative estimate of drug-likeness (QED) is 0.811. The average Bonchev–Trinajstić information content (AvgIpc) is 2.09. The van der Waals surface area contributed by atoms with Gasteiger partial charge in [-0.25, -0.2) is 4.39 Å². The molecule has 0 aliphatic carbocycles. The number of aldehydes is 1. The Morgan fingerprint density at radius 3 is 2.77 bits per heavy atom. The van der Waals surface area contributed by atoms with Crippen LogP contribution in [0, 0.1) is 5.82 Å². The molecule has 0 radical (unpaired) electrons. The topological polar surface area (TPSA) is 37.3 Å². The van der Waals surface area contributed by atoms with Gasteiger partial charge in [-0.05, 0) is 28.9 Å². The summed E-state index contributed by atoms with van der Waals surface area (Å²) in [6, 6.07) is 4.43. The molecule has 2 nitrogen and oxygen atoms in total. The molecule has 1 aromatic rings. The second-order valence-electron chi connectivity index (χ2n) is 2.87. The predicted molar refractivity (Wildman–Crippen MR) is 49.7 cm³/mol. The molecule has 0 saturated carbocycles. The summed E-state index contributed by atoms with van der Waals surface area (Å²) in [6.45, 7) is 1.24. The zero-order valence-corrected chi connectivity index (χ0v) is 8.51. The van der Waals surface area contributed by atoms with Crippen LogP contribution in [-0.4, -0.2) is 11.4 Å². The summed E-state index contributed by atoms with van der Waals surface area (Å²) < 4.78 is 13.5. The summed E-state index contributed by atoms with van der Waals surface area (Å²) in [5, 5.41) is 9.47. The minimum atomic E-state index is -1.77. The fourth-order valence-electron chi connectivity index (χ4n) is 0.958. The number of carbonyl (C=O) groups is 1. The monoisotopic (exact) mass is 246 g/mol. The third-order valence-electron chi connectivity index (χ3n) is 1.73. The summed E-state index contributed by atoms with van der Waals surface area (Å²) in [7, 11) is 0. The smallest absolute Gasteiger partial charge is 0.155 e. The molecule has 1 aromatic carbocycles. The summed E-state index contributed by atoms with van der Waals surface area (Å²) in [5.74, 6) is -0.611. The summed E-state index contributed by atoms with van der Waals surface area (Å²) in [6.07, 6.45) is 0.303. The van der Waals surface area contributed by atoms with E-state index in [1.165, 1.54) is 19.1 Å². The zero-order valence-electron chi connectivity index (χ0n) is 6.92. The Morgan fingerprint density at radius 1 is 1.62 bits per heavy atom. The summed E-state index contributed by atoms with van der Waals surface area (Å²) >= 11 is 2.97. The molecule has 0 heterocycles. The van der Waals surface area contributed by atoms with E-state index >= 15 is 0 Å². The van der Waals surface area contributed by atoms with E-state index in [0.29, 0.717) is 6.29 Å². The molecular weight excluding hydrogens is 239 g/mol. The van der Waals surface area contributed by atoms with E-state index < -0.39 is 11.4 Å². The third kappa shape index (κ3) is 1.95. The molecule has 1 atom stereocenters. The summed E-state index contributed by atoms with van der Waals surface area (Å²) in [4.78, 5) is 10.5. The number of rotatable bonds is 2. The van der Waals surface area contributed by atoms with Crippen LogP contribution in [0.1, 0.15) is 12.5 Å². The number of hydrogen-bond acceptors (Lipinski definition) is 2. The van der Waals surface area contributed by atoms with Gasteiger partial charge in [0.05, 0.1) is 4.47 Å². The number of halogens is 2. The standard InChI is InChI=1S/C9H8BrFO2/c1-9(13,5-12)6-3-2-4-7(10)8(6)11/h2-5,13H,1H3. The van der Waals surface area contributed by atoms with Crippen molar-refractivity contribution in [2.75, 3.05) is 0 Å². The Labute approximate surface area is 83.5 Å². The Bertz CT molecular complexity index is 336. The van der Waals surface area contributed by atoms with Gasteiger partial charge < -0.3 is 5.11 Å². The molecule has 1 rings (SSSR count). The van der Waals surface area contributed by atoms with Gasteiger partial charge in [0, 0.05) is 5.56 Å². The van der Waals surface area contributed by atoms with Gasteiger partial charge in [-0.2, -0.15) is 0 Å². The van der Waals surface area contributed by atoms with Crippen LogP contribution >= 0.6 is 15.9 Å². The van der Waals surface area contributed by atoms with Crippen molar-refractivity contribution < 1.29 is 14.3 Å². The molecule has 0 saturated heterocycles. The molecule has 0 bridgehead atoms. The molecular formula is C9H8BrFO2. The van der Waals surface area contributed by atoms with Crippen molar-refractivity contribution in [2.24, 2.45) is 0 Å². The molecule has 0 amide bonds. The minimum Gasteiger partial charge on any atom is -0.378 e. The number of hydrogen-bond donors (Lipinski definition) is 1. The number of benzene rings is 1. The Kier molecular flexibility index (Phi) is 2.83. The molecule has 0 aliphatic heterocycles. The minimum absolute atomic E-state index is 0.0307. The largest absolute Gasteiger partial charge is 0.378 e. The summed E-state index contributed by atoms with van der Waals surface area (Å²) in [5.41, 5.74) is -1.80. The lowest BCUT2D eigenvalue weighted by atomic mass is 9.97. The highest BCUT2D eigenvalue weighted by Gasteiger charge is 2.26. The van der Waals surface area contributed by atoms with E-state index in [9.17, 15) is 14.3 Å². The Morgan fingerprint density at radius 2 is 2.23 bits per heavy atom. The van der Waals surface area contributed by atoms with Crippen molar-refractivity contribution >= 4 is 22.2 Å². The maximum atomic E-state index is 13.3. The van der Waals surface area contributed by atoms with Gasteiger partial charge in [0.2, 0.25) is 0 Å². The van der Waals surface area contributed by atoms with Crippen LogP contribution < -0.4 is 0 Å². The maximum Gasteiger partial charge on any atom is 0.155 e. The van der Waals surface area contributed by atoms with Gasteiger partial charge in [-0.3, -0.25) is 4.79 Å². The molecule has 0 aromatic heterocycles. The lowest BCUT2D eigenvalue weighted by Gasteiger charge is -2.17. The molecule has 1 unspecified atom stereocenters. The molecule has 0 spiro atoms. The third-order valence-corrected chi connectivity index (χ3v) is 2.34. The van der Waals surface area contributed by atoms with E-state index in [1.54, 1.807) is 6.07 Å². The van der Waals surface area contributed by atoms with Gasteiger partial charge in [-0.1, -0.05) is 12.1 Å². The molecule has 0 aliphatic rings. The normalized spacial score (nSPS) is 15.1. The van der Waals surface area contributed by atoms with Crippen molar-refractivity contribution in [3.8, 4) is 0 Å². The molecule has 0 fully saturated rings. The van der Waals surface area contributed by atoms with Gasteiger partial charge in [0.25, 0.3) is 0 Å². The van der Waals surface area contributed by atoms with E-state index in [-0.39, 0.29) is 10.0 Å². The zero-order chi connectivity index (χ0) is 10.1. The first-order valence-corrected chi connectivity index (χ1v) is 4.41. The van der Waals surface area contributed by atoms with Crippen LogP contribution in [0.4, 0.5) is 4.39 Å². The highest BCUT2D eigenvalue weighted by Crippen LogP contribution is 2.26. The maximum absolute atomic E-state index is 13.3. The van der Waals surface area contributed by atoms with E-state index in [0.717, 1.165) is 0 Å². The molecule has 1 N–H and O–H groups in total. The van der Waals surface area contributed by atoms with Crippen LogP contribution in [0.25, 0.3) is 0 Å². The van der Waals surface area contributed by atoms with Gasteiger partial charge in [0.1, 0.15) is 11.4 Å². The SMILES string of the molecule is CC(O)(C=O)c1cccc(Br)c1F. The second-order valence-corrected chi connectivity index (χ2v) is 3.72. The lowest BCUT2D eigenvalue weighted by Crippen LogP contribution is -2.24. The second kappa shape index (κ2) is 3.55. The van der Waals surface area contributed by atoms with E-state index in [4.69, 9.17) is 0 Å². The van der Waals surface area contributed by atoms with Crippen LogP contribution in [0.2, 0.25) is 0 Å². The highest BCUT2D eigenvalue weighted by atomic mass is 79.9. The fourth-order valence-corrected chi connectivity index (χ4v) is 1.32. The predicted octanol–water partition coefficient (Wildman–Crippen LogP) is 1.99. The van der Waals surface area contributed by atoms with Crippen LogP contribution in [0.15, 0.2) is 22.7 Å². The molecule has 70 valence electrons. The van der Waals surface area contributed by atoms with Crippen molar-refractivity contribution in [1.29, 1.82) is 0 Å². The highest BCUT2D eigenvalue weighted by molar-refractivity contribution is 9.10. The van der Waals surface area contributed by atoms with Gasteiger partial charge >= 0.3 is 0 Å². The number of carbonyl (C=O) groups excluding carboxylic acids is 1. The van der Waals surface area contributed by atoms with Crippen LogP contribution in [-0.2, 0) is 10.4 Å². The molecule has 13 heavy (non-hydrogen) atoms. The van der Waals surface area contributed by atoms with Crippen molar-refractivity contribution in [3.05, 3.63) is 34.1 Å². The van der Waals surface area contributed by atoms with Gasteiger partial charge in [0.15, 0.2) is 6.29 Å². The van der Waals surface area contributed by atoms with Crippen molar-refractivity contribution in [1.82, 2.24) is 0 Å². The van der Waals surface area contributed by atoms with Crippen molar-refractivity contribution in [3.63, 3.8) is 0 Å². The lowest BCUT2D eigenvalue weighted by molar-refractivity contribution is -0.123. The Balaban J connectivity index is 3.30. The number of aliphatic hydroxyl groups is 1. The van der Waals surface area contributed by atoms with Crippen molar-refractivity contribution in [2.45, 2.75) is 12.5 Å². The van der Waals surface area contributed by atoms with E-state index in [2.05, 4.69) is 15.9 Å². The molecule has 4 heteroatoms. The average molecular weight is 247 g/mol. The Hall–Kier alpha value is -0.740. The van der Waals surface area contributed by atoms with Crippen LogP contribution in [0.5, 0.6) is 0 Å². The first kappa shape index (κ1) is 10.3. The first-order chi connectivity index (χ1) is 5.99. The van der Waals surface area contributed by atoms with Gasteiger partial charge in [-0.15, -0.1) is 0 Å². The first-order valence-electron chi connectivity index (χ1n) is 3.62. The van der Waals surface area contributed by atoms with Crippen LogP contribution in [0.3, 0.4) is 0 Å². The fraction of sp³-hybridized carbons (Fsp3) is 0.222.